The van der Waals surface area contributed by atoms with Crippen LogP contribution in [0.2, 0.25) is 0 Å². The van der Waals surface area contributed by atoms with Crippen LogP contribution >= 0.6 is 11.3 Å². The van der Waals surface area contributed by atoms with E-state index < -0.39 is 0 Å². The maximum absolute atomic E-state index is 4.83. The third kappa shape index (κ3) is 4.52. The number of pyridine rings is 3. The van der Waals surface area contributed by atoms with Crippen LogP contribution in [0.15, 0.2) is 134 Å². The summed E-state index contributed by atoms with van der Waals surface area (Å²) in [5, 5.41) is 1.15. The summed E-state index contributed by atoms with van der Waals surface area (Å²) in [6.07, 6.45) is 3.64. The van der Waals surface area contributed by atoms with Crippen molar-refractivity contribution in [2.24, 2.45) is 0 Å². The van der Waals surface area contributed by atoms with Crippen molar-refractivity contribution >= 4 is 27.7 Å². The van der Waals surface area contributed by atoms with Crippen LogP contribution in [0.25, 0.3) is 33.2 Å². The van der Waals surface area contributed by atoms with Gasteiger partial charge in [0.1, 0.15) is 5.00 Å². The summed E-state index contributed by atoms with van der Waals surface area (Å²) in [5.74, 6) is 0. The second-order valence-corrected chi connectivity index (χ2v) is 9.26. The number of rotatable bonds is 6. The maximum Gasteiger partial charge on any atom is 0.101 e. The zero-order chi connectivity index (χ0) is 24.2. The van der Waals surface area contributed by atoms with Crippen LogP contribution in [0.3, 0.4) is 0 Å². The molecule has 0 aliphatic heterocycles. The lowest BCUT2D eigenvalue weighted by atomic mass is 10.1. The van der Waals surface area contributed by atoms with Gasteiger partial charge in [-0.2, -0.15) is 0 Å². The van der Waals surface area contributed by atoms with E-state index in [2.05, 4.69) is 87.7 Å². The molecule has 0 atom stereocenters. The summed E-state index contributed by atoms with van der Waals surface area (Å²) >= 11 is 1.76. The van der Waals surface area contributed by atoms with Gasteiger partial charge >= 0.3 is 0 Å². The molecule has 0 spiro atoms. The van der Waals surface area contributed by atoms with E-state index in [-0.39, 0.29) is 0 Å². The van der Waals surface area contributed by atoms with Crippen LogP contribution in [0.4, 0.5) is 16.4 Å². The first-order valence-corrected chi connectivity index (χ1v) is 12.5. The van der Waals surface area contributed by atoms with Crippen LogP contribution in [0.5, 0.6) is 0 Å². The molecule has 36 heavy (non-hydrogen) atoms. The molecule has 4 aromatic heterocycles. The van der Waals surface area contributed by atoms with Crippen LogP contribution in [0, 0.1) is 0 Å². The van der Waals surface area contributed by atoms with Crippen molar-refractivity contribution in [1.29, 1.82) is 0 Å². The summed E-state index contributed by atoms with van der Waals surface area (Å²) in [5.41, 5.74) is 6.71. The lowest BCUT2D eigenvalue weighted by Gasteiger charge is -2.23. The van der Waals surface area contributed by atoms with Gasteiger partial charge in [0, 0.05) is 28.6 Å². The van der Waals surface area contributed by atoms with Crippen LogP contribution in [0.1, 0.15) is 0 Å². The topological polar surface area (TPSA) is 41.9 Å². The van der Waals surface area contributed by atoms with Gasteiger partial charge in [0.05, 0.1) is 22.8 Å². The van der Waals surface area contributed by atoms with E-state index in [4.69, 9.17) is 4.98 Å². The fraction of sp³-hybridized carbons (Fsp3) is 0. The predicted octanol–water partition coefficient (Wildman–Crippen LogP) is 8.40. The largest absolute Gasteiger partial charge is 0.302 e. The summed E-state index contributed by atoms with van der Waals surface area (Å²) in [4.78, 5) is 17.3. The van der Waals surface area contributed by atoms with Crippen LogP contribution in [-0.2, 0) is 0 Å². The Labute approximate surface area is 214 Å². The average Bonchev–Trinajstić information content (AvgIpc) is 3.45. The summed E-state index contributed by atoms with van der Waals surface area (Å²) in [6, 6.07) is 41.2. The lowest BCUT2D eigenvalue weighted by molar-refractivity contribution is 1.22. The lowest BCUT2D eigenvalue weighted by Crippen LogP contribution is -2.07. The first-order valence-electron chi connectivity index (χ1n) is 11.7. The van der Waals surface area contributed by atoms with Gasteiger partial charge in [0.2, 0.25) is 0 Å². The zero-order valence-electron chi connectivity index (χ0n) is 19.4. The molecule has 0 aliphatic carbocycles. The molecule has 0 saturated heterocycles. The molecular weight excluding hydrogens is 460 g/mol. The van der Waals surface area contributed by atoms with Gasteiger partial charge in [-0.15, -0.1) is 11.3 Å². The van der Waals surface area contributed by atoms with Crippen LogP contribution in [-0.4, -0.2) is 15.0 Å². The number of hydrogen-bond donors (Lipinski definition) is 0. The number of nitrogens with zero attached hydrogens (tertiary/aromatic N) is 4. The zero-order valence-corrected chi connectivity index (χ0v) is 20.2. The number of para-hydroxylation sites is 2. The second kappa shape index (κ2) is 9.94. The molecule has 5 heteroatoms. The Morgan fingerprint density at radius 2 is 1.14 bits per heavy atom. The van der Waals surface area contributed by atoms with Crippen molar-refractivity contribution in [1.82, 2.24) is 15.0 Å². The third-order valence-corrected chi connectivity index (χ3v) is 6.94. The van der Waals surface area contributed by atoms with Crippen molar-refractivity contribution in [3.05, 3.63) is 134 Å². The highest BCUT2D eigenvalue weighted by Crippen LogP contribution is 2.41. The molecule has 0 amide bonds. The van der Waals surface area contributed by atoms with Crippen LogP contribution < -0.4 is 4.90 Å². The highest BCUT2D eigenvalue weighted by atomic mass is 32.1. The van der Waals surface area contributed by atoms with Gasteiger partial charge < -0.3 is 4.90 Å². The fourth-order valence-electron chi connectivity index (χ4n) is 4.12. The molecule has 0 radical (unpaired) electrons. The van der Waals surface area contributed by atoms with Crippen molar-refractivity contribution in [2.45, 2.75) is 0 Å². The van der Waals surface area contributed by atoms with Crippen molar-refractivity contribution in [2.75, 3.05) is 4.90 Å². The monoisotopic (exact) mass is 482 g/mol. The Hall–Kier alpha value is -4.61. The standard InChI is InChI=1S/C31H22N4S/c1-3-10-24(11-4-1)35(25-12-5-2-6-13-25)31-18-17-30(36-31)23-19-21-33-29(22-23)28-16-9-15-27(34-28)26-14-7-8-20-32-26/h1-22H. The van der Waals surface area contributed by atoms with E-state index in [0.717, 1.165) is 44.7 Å². The molecule has 0 aliphatic rings. The molecule has 0 N–H and O–H groups in total. The molecule has 0 bridgehead atoms. The van der Waals surface area contributed by atoms with Crippen molar-refractivity contribution in [3.63, 3.8) is 0 Å². The Bertz CT molecular complexity index is 1540. The first-order chi connectivity index (χ1) is 17.8. The highest BCUT2D eigenvalue weighted by Gasteiger charge is 2.15. The third-order valence-electron chi connectivity index (χ3n) is 5.82. The van der Waals surface area contributed by atoms with Crippen molar-refractivity contribution < 1.29 is 0 Å². The quantitative estimate of drug-likeness (QED) is 0.239. The average molecular weight is 483 g/mol. The van der Waals surface area contributed by atoms with E-state index in [0.29, 0.717) is 0 Å². The maximum atomic E-state index is 4.83. The molecule has 6 aromatic rings. The minimum Gasteiger partial charge on any atom is -0.302 e. The van der Waals surface area contributed by atoms with Gasteiger partial charge in [-0.25, -0.2) is 4.98 Å². The minimum atomic E-state index is 0.826. The molecule has 172 valence electrons. The Morgan fingerprint density at radius 1 is 0.500 bits per heavy atom. The predicted molar refractivity (Wildman–Crippen MR) is 149 cm³/mol. The number of anilines is 3. The van der Waals surface area contributed by atoms with Gasteiger partial charge in [0.25, 0.3) is 0 Å². The molecule has 0 unspecified atom stereocenters. The number of aromatic nitrogens is 3. The van der Waals surface area contributed by atoms with E-state index in [1.165, 1.54) is 4.88 Å². The normalized spacial score (nSPS) is 10.8. The first kappa shape index (κ1) is 21.9. The molecule has 4 nitrogen and oxygen atoms in total. The molecule has 0 fully saturated rings. The summed E-state index contributed by atoms with van der Waals surface area (Å²) in [6.45, 7) is 0. The minimum absolute atomic E-state index is 0.826. The number of thiophene rings is 1. The summed E-state index contributed by atoms with van der Waals surface area (Å²) < 4.78 is 0. The Balaban J connectivity index is 1.35. The van der Waals surface area contributed by atoms with E-state index in [9.17, 15) is 0 Å². The number of hydrogen-bond acceptors (Lipinski definition) is 5. The summed E-state index contributed by atoms with van der Waals surface area (Å²) in [7, 11) is 0. The number of benzene rings is 2. The van der Waals surface area contributed by atoms with E-state index >= 15 is 0 Å². The SMILES string of the molecule is c1ccc(N(c2ccccc2)c2ccc(-c3ccnc(-c4cccc(-c5ccccn5)n4)c3)s2)cc1. The van der Waals surface area contributed by atoms with Gasteiger partial charge in [-0.05, 0) is 78.4 Å². The van der Waals surface area contributed by atoms with Gasteiger partial charge in [-0.3, -0.25) is 9.97 Å². The Morgan fingerprint density at radius 3 is 1.83 bits per heavy atom. The van der Waals surface area contributed by atoms with Gasteiger partial charge in [0.15, 0.2) is 0 Å². The molecule has 2 aromatic carbocycles. The molecule has 6 rings (SSSR count). The van der Waals surface area contributed by atoms with Crippen molar-refractivity contribution in [3.8, 4) is 33.2 Å². The molecule has 0 saturated carbocycles. The molecular formula is C31H22N4S. The smallest absolute Gasteiger partial charge is 0.101 e. The van der Waals surface area contributed by atoms with Gasteiger partial charge in [-0.1, -0.05) is 48.5 Å². The second-order valence-electron chi connectivity index (χ2n) is 8.20. The molecule has 4 heterocycles. The Kier molecular flexibility index (Phi) is 6.04. The highest BCUT2D eigenvalue weighted by molar-refractivity contribution is 7.19. The van der Waals surface area contributed by atoms with E-state index in [1.807, 2.05) is 54.7 Å². The fourth-order valence-corrected chi connectivity index (χ4v) is 5.16. The van der Waals surface area contributed by atoms with E-state index in [1.54, 1.807) is 17.5 Å².